The van der Waals surface area contributed by atoms with Crippen LogP contribution in [0.2, 0.25) is 22.7 Å². The molecule has 0 saturated carbocycles. The Morgan fingerprint density at radius 2 is 1.36 bits per heavy atom. The second-order valence-corrected chi connectivity index (χ2v) is 22.5. The molecule has 0 bridgehead atoms. The Labute approximate surface area is 254 Å². The highest BCUT2D eigenvalue weighted by atomic mass is 32.2. The maximum absolute atomic E-state index is 14.4. The van der Waals surface area contributed by atoms with E-state index in [-0.39, 0.29) is 15.8 Å². The fraction of sp³-hybridized carbons (Fsp3) is 0.455. The summed E-state index contributed by atoms with van der Waals surface area (Å²) in [6.07, 6.45) is 0.551. The van der Waals surface area contributed by atoms with Crippen LogP contribution in [0.25, 0.3) is 0 Å². The molecular formula is C33H46N2O4S2Si. The van der Waals surface area contributed by atoms with Gasteiger partial charge in [-0.1, -0.05) is 94.1 Å². The Kier molecular flexibility index (Phi) is 9.08. The number of aryl methyl sites for hydroxylation is 2. The van der Waals surface area contributed by atoms with Gasteiger partial charge in [0.25, 0.3) is 20.0 Å². The molecule has 6 nitrogen and oxygen atoms in total. The van der Waals surface area contributed by atoms with Crippen LogP contribution in [-0.4, -0.2) is 31.0 Å². The van der Waals surface area contributed by atoms with Crippen LogP contribution < -0.4 is 9.03 Å². The number of fused-ring (bicyclic) bond motifs is 1. The minimum Gasteiger partial charge on any atom is -0.279 e. The molecule has 1 aliphatic rings. The fourth-order valence-electron chi connectivity index (χ4n) is 7.35. The molecular weight excluding hydrogens is 581 g/mol. The number of hydrogen-bond acceptors (Lipinski definition) is 4. The van der Waals surface area contributed by atoms with Crippen LogP contribution >= 0.6 is 0 Å². The summed E-state index contributed by atoms with van der Waals surface area (Å²) in [4.78, 5) is 0.466. The average Bonchev–Trinajstić information content (AvgIpc) is 3.31. The standard InChI is InChI=1S/C33H46N2O4S2Si/c1-22(2)42(23(3)4,24(5)6)21-28-20-31-27(9)32(34-40(36,37)29-17-15-25(7)16-18-29)19-26(8)33(31)35(28)41(38,39)30-13-11-10-12-14-30/h10-19,22-24,28,34H,20-21H2,1-9H3. The molecule has 0 amide bonds. The van der Waals surface area contributed by atoms with E-state index >= 15 is 0 Å². The van der Waals surface area contributed by atoms with E-state index in [0.717, 1.165) is 28.3 Å². The summed E-state index contributed by atoms with van der Waals surface area (Å²) >= 11 is 0. The summed E-state index contributed by atoms with van der Waals surface area (Å²) in [5.74, 6) is 0. The Balaban J connectivity index is 1.88. The van der Waals surface area contributed by atoms with E-state index in [9.17, 15) is 16.8 Å². The van der Waals surface area contributed by atoms with Crippen molar-refractivity contribution in [3.05, 3.63) is 82.9 Å². The summed E-state index contributed by atoms with van der Waals surface area (Å²) in [5, 5.41) is 0. The van der Waals surface area contributed by atoms with Gasteiger partial charge in [-0.25, -0.2) is 16.8 Å². The number of hydrogen-bond donors (Lipinski definition) is 1. The molecule has 1 atom stereocenters. The molecule has 0 spiro atoms. The third-order valence-electron chi connectivity index (χ3n) is 9.56. The number of nitrogens with zero attached hydrogens (tertiary/aromatic N) is 1. The van der Waals surface area contributed by atoms with Crippen molar-refractivity contribution in [1.29, 1.82) is 0 Å². The second-order valence-electron chi connectivity index (χ2n) is 12.9. The monoisotopic (exact) mass is 626 g/mol. The van der Waals surface area contributed by atoms with Crippen molar-refractivity contribution in [3.8, 4) is 0 Å². The molecule has 42 heavy (non-hydrogen) atoms. The molecule has 1 aliphatic heterocycles. The number of benzene rings is 3. The summed E-state index contributed by atoms with van der Waals surface area (Å²) in [6, 6.07) is 17.8. The molecule has 0 saturated heterocycles. The molecule has 4 rings (SSSR count). The van der Waals surface area contributed by atoms with Gasteiger partial charge in [-0.3, -0.25) is 9.03 Å². The normalized spacial score (nSPS) is 16.0. The summed E-state index contributed by atoms with van der Waals surface area (Å²) in [6.45, 7) is 19.5. The van der Waals surface area contributed by atoms with Crippen molar-refractivity contribution in [2.24, 2.45) is 0 Å². The van der Waals surface area contributed by atoms with Gasteiger partial charge in [-0.15, -0.1) is 0 Å². The fourth-order valence-corrected chi connectivity index (χ4v) is 16.9. The number of anilines is 2. The summed E-state index contributed by atoms with van der Waals surface area (Å²) < 4.78 is 60.0. The van der Waals surface area contributed by atoms with E-state index in [1.165, 1.54) is 0 Å². The first-order chi connectivity index (χ1) is 19.5. The minimum absolute atomic E-state index is 0.193. The van der Waals surface area contributed by atoms with Gasteiger partial charge >= 0.3 is 0 Å². The van der Waals surface area contributed by atoms with Crippen molar-refractivity contribution in [3.63, 3.8) is 0 Å². The van der Waals surface area contributed by atoms with E-state index in [1.54, 1.807) is 58.9 Å². The predicted molar refractivity (Wildman–Crippen MR) is 177 cm³/mol. The van der Waals surface area contributed by atoms with Crippen molar-refractivity contribution < 1.29 is 16.8 Å². The lowest BCUT2D eigenvalue weighted by Crippen LogP contribution is -2.51. The lowest BCUT2D eigenvalue weighted by Gasteiger charge is -2.46. The number of sulfonamides is 2. The highest BCUT2D eigenvalue weighted by Gasteiger charge is 2.49. The molecule has 0 aliphatic carbocycles. The van der Waals surface area contributed by atoms with Crippen LogP contribution in [-0.2, 0) is 26.5 Å². The van der Waals surface area contributed by atoms with E-state index in [4.69, 9.17) is 0 Å². The highest BCUT2D eigenvalue weighted by Crippen LogP contribution is 2.51. The van der Waals surface area contributed by atoms with Crippen molar-refractivity contribution in [1.82, 2.24) is 0 Å². The van der Waals surface area contributed by atoms with E-state index < -0.39 is 28.1 Å². The maximum Gasteiger partial charge on any atom is 0.264 e. The molecule has 1 N–H and O–H groups in total. The minimum atomic E-state index is -3.87. The molecule has 3 aromatic carbocycles. The lowest BCUT2D eigenvalue weighted by atomic mass is 10.00. The van der Waals surface area contributed by atoms with Crippen molar-refractivity contribution in [2.45, 2.75) is 107 Å². The first-order valence-electron chi connectivity index (χ1n) is 14.9. The van der Waals surface area contributed by atoms with Gasteiger partial charge in [-0.05, 0) is 80.3 Å². The number of rotatable bonds is 10. The van der Waals surface area contributed by atoms with Gasteiger partial charge in [0.05, 0.1) is 29.2 Å². The molecule has 1 unspecified atom stereocenters. The Hall–Kier alpha value is -2.62. The van der Waals surface area contributed by atoms with Crippen LogP contribution in [0.4, 0.5) is 11.4 Å². The topological polar surface area (TPSA) is 83.6 Å². The third kappa shape index (κ3) is 5.67. The van der Waals surface area contributed by atoms with Gasteiger partial charge in [0.1, 0.15) is 0 Å². The lowest BCUT2D eigenvalue weighted by molar-refractivity contribution is 0.581. The molecule has 3 aromatic rings. The zero-order valence-corrected chi connectivity index (χ0v) is 29.0. The van der Waals surface area contributed by atoms with E-state index in [0.29, 0.717) is 34.4 Å². The van der Waals surface area contributed by atoms with Gasteiger partial charge in [0.2, 0.25) is 0 Å². The SMILES string of the molecule is Cc1ccc(S(=O)(=O)Nc2cc(C)c3c(c2C)CC(C[Si](C(C)C)(C(C)C)C(C)C)N3S(=O)(=O)c2ccccc2)cc1. The zero-order valence-electron chi connectivity index (χ0n) is 26.4. The van der Waals surface area contributed by atoms with Gasteiger partial charge in [0.15, 0.2) is 0 Å². The Morgan fingerprint density at radius 3 is 1.88 bits per heavy atom. The van der Waals surface area contributed by atoms with Crippen LogP contribution in [0.5, 0.6) is 0 Å². The smallest absolute Gasteiger partial charge is 0.264 e. The third-order valence-corrected chi connectivity index (χ3v) is 20.4. The molecule has 0 fully saturated rings. The van der Waals surface area contributed by atoms with Crippen LogP contribution in [0.15, 0.2) is 70.5 Å². The summed E-state index contributed by atoms with van der Waals surface area (Å²) in [5.41, 5.74) is 6.00. The van der Waals surface area contributed by atoms with Gasteiger partial charge < -0.3 is 0 Å². The van der Waals surface area contributed by atoms with Crippen LogP contribution in [0.1, 0.15) is 63.8 Å². The van der Waals surface area contributed by atoms with Gasteiger partial charge in [0, 0.05) is 6.04 Å². The van der Waals surface area contributed by atoms with Crippen molar-refractivity contribution in [2.75, 3.05) is 9.03 Å². The average molecular weight is 627 g/mol. The largest absolute Gasteiger partial charge is 0.279 e. The zero-order chi connectivity index (χ0) is 31.2. The molecule has 1 heterocycles. The predicted octanol–water partition coefficient (Wildman–Crippen LogP) is 8.21. The Bertz CT molecular complexity index is 1630. The van der Waals surface area contributed by atoms with Crippen LogP contribution in [0, 0.1) is 20.8 Å². The molecule has 0 aromatic heterocycles. The first kappa shape index (κ1) is 32.3. The molecule has 228 valence electrons. The summed E-state index contributed by atoms with van der Waals surface area (Å²) in [7, 11) is -9.70. The van der Waals surface area contributed by atoms with Gasteiger partial charge in [-0.2, -0.15) is 0 Å². The van der Waals surface area contributed by atoms with E-state index in [1.807, 2.05) is 26.8 Å². The molecule has 0 radical (unpaired) electrons. The van der Waals surface area contributed by atoms with Crippen molar-refractivity contribution >= 4 is 39.5 Å². The quantitative estimate of drug-likeness (QED) is 0.230. The Morgan fingerprint density at radius 1 is 0.810 bits per heavy atom. The first-order valence-corrected chi connectivity index (χ1v) is 20.2. The van der Waals surface area contributed by atoms with Crippen LogP contribution in [0.3, 0.4) is 0 Å². The molecule has 9 heteroatoms. The second kappa shape index (κ2) is 11.8. The maximum atomic E-state index is 14.4. The van der Waals surface area contributed by atoms with E-state index in [2.05, 4.69) is 46.3 Å². The highest BCUT2D eigenvalue weighted by molar-refractivity contribution is 7.93. The number of nitrogens with one attached hydrogen (secondary N) is 1.